The summed E-state index contributed by atoms with van der Waals surface area (Å²) in [6.07, 6.45) is 0. The lowest BCUT2D eigenvalue weighted by Crippen LogP contribution is -2.47. The standard InChI is InChI=1S/C21H22FN3O3S/c1-4-28-16-8-6-5-7-14(16)19(26)24-18(12(2)3)20(27)25-21-23-15-10-9-13(22)11-17(15)29-21/h5-12,18H,4H2,1-3H3,(H,24,26)(H,23,25,27)/t18-/m0/s1. The quantitative estimate of drug-likeness (QED) is 0.605. The second-order valence-corrected chi connectivity index (χ2v) is 7.78. The van der Waals surface area contributed by atoms with Gasteiger partial charge in [0.15, 0.2) is 5.13 Å². The lowest BCUT2D eigenvalue weighted by Gasteiger charge is -2.21. The van der Waals surface area contributed by atoms with E-state index in [1.54, 1.807) is 30.3 Å². The fourth-order valence-corrected chi connectivity index (χ4v) is 3.72. The van der Waals surface area contributed by atoms with Crippen LogP contribution in [0.25, 0.3) is 10.2 Å². The number of carbonyl (C=O) groups excluding carboxylic acids is 2. The molecular formula is C21H22FN3O3S. The minimum Gasteiger partial charge on any atom is -0.493 e. The summed E-state index contributed by atoms with van der Waals surface area (Å²) in [5.74, 6) is -0.844. The maximum Gasteiger partial charge on any atom is 0.255 e. The largest absolute Gasteiger partial charge is 0.493 e. The Morgan fingerprint density at radius 1 is 1.21 bits per heavy atom. The van der Waals surface area contributed by atoms with Crippen molar-refractivity contribution in [3.8, 4) is 5.75 Å². The van der Waals surface area contributed by atoms with E-state index in [0.717, 1.165) is 0 Å². The minimum absolute atomic E-state index is 0.162. The molecule has 0 saturated carbocycles. The molecule has 0 fully saturated rings. The highest BCUT2D eigenvalue weighted by molar-refractivity contribution is 7.22. The van der Waals surface area contributed by atoms with Crippen LogP contribution in [0.4, 0.5) is 9.52 Å². The van der Waals surface area contributed by atoms with Gasteiger partial charge in [-0.1, -0.05) is 37.3 Å². The van der Waals surface area contributed by atoms with Gasteiger partial charge in [0.25, 0.3) is 5.91 Å². The van der Waals surface area contributed by atoms with Gasteiger partial charge in [-0.25, -0.2) is 9.37 Å². The summed E-state index contributed by atoms with van der Waals surface area (Å²) in [6.45, 7) is 5.94. The number of hydrogen-bond acceptors (Lipinski definition) is 5. The minimum atomic E-state index is -0.777. The van der Waals surface area contributed by atoms with Crippen molar-refractivity contribution >= 4 is 38.5 Å². The fraction of sp³-hybridized carbons (Fsp3) is 0.286. The molecule has 1 aromatic heterocycles. The highest BCUT2D eigenvalue weighted by atomic mass is 32.1. The van der Waals surface area contributed by atoms with E-state index in [1.165, 1.54) is 23.5 Å². The van der Waals surface area contributed by atoms with Crippen LogP contribution in [-0.2, 0) is 4.79 Å². The number of fused-ring (bicyclic) bond motifs is 1. The van der Waals surface area contributed by atoms with Gasteiger partial charge in [-0.15, -0.1) is 0 Å². The van der Waals surface area contributed by atoms with Crippen molar-refractivity contribution in [1.82, 2.24) is 10.3 Å². The molecule has 1 atom stereocenters. The van der Waals surface area contributed by atoms with Gasteiger partial charge in [-0.2, -0.15) is 0 Å². The third-order valence-corrected chi connectivity index (χ3v) is 5.18. The van der Waals surface area contributed by atoms with Gasteiger partial charge < -0.3 is 15.4 Å². The predicted octanol–water partition coefficient (Wildman–Crippen LogP) is 4.23. The average molecular weight is 415 g/mol. The Morgan fingerprint density at radius 2 is 1.97 bits per heavy atom. The molecule has 0 aliphatic carbocycles. The first-order valence-corrected chi connectivity index (χ1v) is 10.1. The van der Waals surface area contributed by atoms with Crippen LogP contribution >= 0.6 is 11.3 Å². The van der Waals surface area contributed by atoms with E-state index in [2.05, 4.69) is 15.6 Å². The molecule has 0 bridgehead atoms. The van der Waals surface area contributed by atoms with Gasteiger partial charge in [-0.3, -0.25) is 9.59 Å². The van der Waals surface area contributed by atoms with Crippen molar-refractivity contribution in [1.29, 1.82) is 0 Å². The molecule has 3 aromatic rings. The number of nitrogens with one attached hydrogen (secondary N) is 2. The van der Waals surface area contributed by atoms with Crippen molar-refractivity contribution < 1.29 is 18.7 Å². The molecule has 0 saturated heterocycles. The monoisotopic (exact) mass is 415 g/mol. The van der Waals surface area contributed by atoms with Gasteiger partial charge in [0.1, 0.15) is 17.6 Å². The third kappa shape index (κ3) is 4.89. The number of carbonyl (C=O) groups is 2. The molecule has 0 spiro atoms. The zero-order valence-electron chi connectivity index (χ0n) is 16.4. The molecule has 0 radical (unpaired) electrons. The second kappa shape index (κ2) is 9.00. The Labute approximate surface area is 172 Å². The maximum atomic E-state index is 13.4. The molecule has 29 heavy (non-hydrogen) atoms. The van der Waals surface area contributed by atoms with Crippen LogP contribution in [0.15, 0.2) is 42.5 Å². The van der Waals surface area contributed by atoms with Crippen LogP contribution in [-0.4, -0.2) is 29.4 Å². The molecule has 0 unspecified atom stereocenters. The molecule has 2 amide bonds. The molecule has 152 valence electrons. The number of amides is 2. The van der Waals surface area contributed by atoms with Crippen LogP contribution in [0.2, 0.25) is 0 Å². The number of hydrogen-bond donors (Lipinski definition) is 2. The van der Waals surface area contributed by atoms with E-state index in [9.17, 15) is 14.0 Å². The van der Waals surface area contributed by atoms with E-state index in [-0.39, 0.29) is 17.6 Å². The lowest BCUT2D eigenvalue weighted by molar-refractivity contribution is -0.118. The summed E-state index contributed by atoms with van der Waals surface area (Å²) in [4.78, 5) is 29.9. The number of thiazole rings is 1. The van der Waals surface area contributed by atoms with E-state index < -0.39 is 11.9 Å². The normalized spacial score (nSPS) is 12.0. The van der Waals surface area contributed by atoms with Crippen LogP contribution < -0.4 is 15.4 Å². The van der Waals surface area contributed by atoms with Crippen LogP contribution in [0.1, 0.15) is 31.1 Å². The number of benzene rings is 2. The van der Waals surface area contributed by atoms with Crippen LogP contribution in [0, 0.1) is 11.7 Å². The molecule has 0 aliphatic rings. The first-order chi connectivity index (χ1) is 13.9. The van der Waals surface area contributed by atoms with Gasteiger partial charge >= 0.3 is 0 Å². The Bertz CT molecular complexity index is 1030. The first-order valence-electron chi connectivity index (χ1n) is 9.28. The Kier molecular flexibility index (Phi) is 6.43. The molecule has 3 rings (SSSR count). The molecule has 1 heterocycles. The fourth-order valence-electron chi connectivity index (χ4n) is 2.82. The van der Waals surface area contributed by atoms with Crippen LogP contribution in [0.5, 0.6) is 5.75 Å². The smallest absolute Gasteiger partial charge is 0.255 e. The predicted molar refractivity (Wildman–Crippen MR) is 112 cm³/mol. The summed E-state index contributed by atoms with van der Waals surface area (Å²) in [7, 11) is 0. The average Bonchev–Trinajstić information content (AvgIpc) is 3.07. The van der Waals surface area contributed by atoms with Crippen LogP contribution in [0.3, 0.4) is 0 Å². The second-order valence-electron chi connectivity index (χ2n) is 6.74. The van der Waals surface area contributed by atoms with E-state index in [4.69, 9.17) is 4.74 Å². The van der Waals surface area contributed by atoms with E-state index in [1.807, 2.05) is 20.8 Å². The van der Waals surface area contributed by atoms with Crippen molar-refractivity contribution in [2.75, 3.05) is 11.9 Å². The van der Waals surface area contributed by atoms with Gasteiger partial charge in [0, 0.05) is 0 Å². The van der Waals surface area contributed by atoms with Crippen molar-refractivity contribution in [3.05, 3.63) is 53.8 Å². The zero-order valence-corrected chi connectivity index (χ0v) is 17.2. The highest BCUT2D eigenvalue weighted by Crippen LogP contribution is 2.27. The Morgan fingerprint density at radius 3 is 2.69 bits per heavy atom. The maximum absolute atomic E-state index is 13.4. The van der Waals surface area contributed by atoms with Crippen molar-refractivity contribution in [2.24, 2.45) is 5.92 Å². The number of ether oxygens (including phenoxy) is 1. The molecule has 2 N–H and O–H groups in total. The molecule has 6 nitrogen and oxygen atoms in total. The number of anilines is 1. The number of para-hydroxylation sites is 1. The topological polar surface area (TPSA) is 80.3 Å². The zero-order chi connectivity index (χ0) is 21.0. The van der Waals surface area contributed by atoms with E-state index in [0.29, 0.717) is 33.3 Å². The summed E-state index contributed by atoms with van der Waals surface area (Å²) in [5, 5.41) is 5.86. The van der Waals surface area contributed by atoms with Gasteiger partial charge in [0.05, 0.1) is 22.4 Å². The summed E-state index contributed by atoms with van der Waals surface area (Å²) in [6, 6.07) is 10.4. The number of rotatable bonds is 7. The molecular weight excluding hydrogens is 393 g/mol. The molecule has 8 heteroatoms. The molecule has 0 aliphatic heterocycles. The van der Waals surface area contributed by atoms with Gasteiger partial charge in [0.2, 0.25) is 5.91 Å². The summed E-state index contributed by atoms with van der Waals surface area (Å²) in [5.41, 5.74) is 0.964. The summed E-state index contributed by atoms with van der Waals surface area (Å²) >= 11 is 1.18. The number of aromatic nitrogens is 1. The number of nitrogens with zero attached hydrogens (tertiary/aromatic N) is 1. The Hall–Kier alpha value is -3.00. The third-order valence-electron chi connectivity index (χ3n) is 4.25. The Balaban J connectivity index is 1.76. The summed E-state index contributed by atoms with van der Waals surface area (Å²) < 4.78 is 19.5. The van der Waals surface area contributed by atoms with E-state index >= 15 is 0 Å². The van der Waals surface area contributed by atoms with Crippen molar-refractivity contribution in [3.63, 3.8) is 0 Å². The highest BCUT2D eigenvalue weighted by Gasteiger charge is 2.26. The first kappa shape index (κ1) is 20.7. The molecule has 2 aromatic carbocycles. The SMILES string of the molecule is CCOc1ccccc1C(=O)N[C@H](C(=O)Nc1nc2ccc(F)cc2s1)C(C)C. The lowest BCUT2D eigenvalue weighted by atomic mass is 10.0. The number of halogens is 1. The van der Waals surface area contributed by atoms with Crippen molar-refractivity contribution in [2.45, 2.75) is 26.8 Å². The van der Waals surface area contributed by atoms with Gasteiger partial charge in [-0.05, 0) is 43.2 Å².